The SMILES string of the molecule is [CH2]CN(C)C1CCNCC1. The van der Waals surface area contributed by atoms with Gasteiger partial charge in [-0.05, 0) is 46.4 Å². The molecule has 59 valence electrons. The fraction of sp³-hybridized carbons (Fsp3) is 0.875. The first-order chi connectivity index (χ1) is 4.84. The molecule has 1 saturated heterocycles. The summed E-state index contributed by atoms with van der Waals surface area (Å²) in [4.78, 5) is 2.33. The van der Waals surface area contributed by atoms with Crippen LogP contribution in [-0.2, 0) is 0 Å². The van der Waals surface area contributed by atoms with E-state index in [2.05, 4.69) is 24.2 Å². The van der Waals surface area contributed by atoms with E-state index < -0.39 is 0 Å². The maximum atomic E-state index is 3.87. The Morgan fingerprint density at radius 3 is 2.60 bits per heavy atom. The molecular formula is C8H17N2. The lowest BCUT2D eigenvalue weighted by Gasteiger charge is -2.30. The van der Waals surface area contributed by atoms with Gasteiger partial charge in [-0.15, -0.1) is 0 Å². The van der Waals surface area contributed by atoms with Crippen LogP contribution >= 0.6 is 0 Å². The maximum absolute atomic E-state index is 3.87. The van der Waals surface area contributed by atoms with E-state index >= 15 is 0 Å². The Hall–Kier alpha value is -0.0800. The van der Waals surface area contributed by atoms with E-state index in [4.69, 9.17) is 0 Å². The monoisotopic (exact) mass is 141 g/mol. The quantitative estimate of drug-likeness (QED) is 0.602. The summed E-state index contributed by atoms with van der Waals surface area (Å²) in [6, 6.07) is 0.777. The number of hydrogen-bond acceptors (Lipinski definition) is 2. The van der Waals surface area contributed by atoms with Crippen LogP contribution in [0.4, 0.5) is 0 Å². The highest BCUT2D eigenvalue weighted by Gasteiger charge is 2.15. The van der Waals surface area contributed by atoms with Gasteiger partial charge < -0.3 is 10.2 Å². The first-order valence-electron chi connectivity index (χ1n) is 4.05. The number of piperidine rings is 1. The molecule has 0 bridgehead atoms. The van der Waals surface area contributed by atoms with Gasteiger partial charge in [0.05, 0.1) is 0 Å². The van der Waals surface area contributed by atoms with Gasteiger partial charge >= 0.3 is 0 Å². The summed E-state index contributed by atoms with van der Waals surface area (Å²) in [5.41, 5.74) is 0. The van der Waals surface area contributed by atoms with Crippen molar-refractivity contribution in [2.45, 2.75) is 18.9 Å². The molecule has 10 heavy (non-hydrogen) atoms. The lowest BCUT2D eigenvalue weighted by Crippen LogP contribution is -2.40. The summed E-state index contributed by atoms with van der Waals surface area (Å²) in [5.74, 6) is 0. The zero-order valence-electron chi connectivity index (χ0n) is 6.77. The smallest absolute Gasteiger partial charge is 0.0116 e. The van der Waals surface area contributed by atoms with Crippen LogP contribution in [0.2, 0.25) is 0 Å². The minimum atomic E-state index is 0.777. The zero-order chi connectivity index (χ0) is 7.40. The van der Waals surface area contributed by atoms with E-state index in [1.807, 2.05) is 0 Å². The van der Waals surface area contributed by atoms with Crippen molar-refractivity contribution in [3.63, 3.8) is 0 Å². The van der Waals surface area contributed by atoms with E-state index in [9.17, 15) is 0 Å². The number of rotatable bonds is 2. The van der Waals surface area contributed by atoms with Gasteiger partial charge in [0.1, 0.15) is 0 Å². The van der Waals surface area contributed by atoms with Crippen LogP contribution < -0.4 is 5.32 Å². The van der Waals surface area contributed by atoms with E-state index in [1.54, 1.807) is 0 Å². The van der Waals surface area contributed by atoms with Crippen molar-refractivity contribution in [3.8, 4) is 0 Å². The van der Waals surface area contributed by atoms with Gasteiger partial charge in [0.15, 0.2) is 0 Å². The van der Waals surface area contributed by atoms with Gasteiger partial charge in [0.2, 0.25) is 0 Å². The summed E-state index contributed by atoms with van der Waals surface area (Å²) in [6.07, 6.45) is 2.57. The minimum Gasteiger partial charge on any atom is -0.317 e. The molecule has 2 heteroatoms. The van der Waals surface area contributed by atoms with Crippen molar-refractivity contribution >= 4 is 0 Å². The van der Waals surface area contributed by atoms with Crippen LogP contribution in [0.5, 0.6) is 0 Å². The normalized spacial score (nSPS) is 21.9. The topological polar surface area (TPSA) is 15.3 Å². The third-order valence-corrected chi connectivity index (χ3v) is 2.28. The van der Waals surface area contributed by atoms with Crippen LogP contribution in [0.1, 0.15) is 12.8 Å². The Bertz CT molecular complexity index is 87.3. The molecule has 0 amide bonds. The summed E-state index contributed by atoms with van der Waals surface area (Å²) >= 11 is 0. The predicted octanol–water partition coefficient (Wildman–Crippen LogP) is 0.504. The fourth-order valence-electron chi connectivity index (χ4n) is 1.43. The van der Waals surface area contributed by atoms with Crippen LogP contribution in [0.3, 0.4) is 0 Å². The van der Waals surface area contributed by atoms with Crippen molar-refractivity contribution in [1.82, 2.24) is 10.2 Å². The molecule has 0 aromatic rings. The molecule has 0 aromatic heterocycles. The van der Waals surface area contributed by atoms with Crippen LogP contribution in [-0.4, -0.2) is 37.6 Å². The van der Waals surface area contributed by atoms with Crippen LogP contribution in [0.15, 0.2) is 0 Å². The molecule has 1 fully saturated rings. The van der Waals surface area contributed by atoms with Gasteiger partial charge in [0.25, 0.3) is 0 Å². The standard InChI is InChI=1S/C8H17N2/c1-3-10(2)8-4-6-9-7-5-8/h8-9H,1,3-7H2,2H3. The molecule has 1 aliphatic rings. The van der Waals surface area contributed by atoms with Gasteiger partial charge in [-0.1, -0.05) is 0 Å². The Balaban J connectivity index is 2.24. The second kappa shape index (κ2) is 3.94. The van der Waals surface area contributed by atoms with Gasteiger partial charge in [-0.2, -0.15) is 0 Å². The molecule has 1 N–H and O–H groups in total. The zero-order valence-corrected chi connectivity index (χ0v) is 6.77. The molecule has 0 aromatic carbocycles. The maximum Gasteiger partial charge on any atom is 0.0116 e. The Morgan fingerprint density at radius 1 is 1.50 bits per heavy atom. The second-order valence-electron chi connectivity index (χ2n) is 2.96. The third-order valence-electron chi connectivity index (χ3n) is 2.28. The van der Waals surface area contributed by atoms with E-state index in [0.717, 1.165) is 12.6 Å². The van der Waals surface area contributed by atoms with Gasteiger partial charge in [-0.3, -0.25) is 0 Å². The predicted molar refractivity (Wildman–Crippen MR) is 43.9 cm³/mol. The highest BCUT2D eigenvalue weighted by Crippen LogP contribution is 2.08. The molecule has 1 rings (SSSR count). The third kappa shape index (κ3) is 1.96. The van der Waals surface area contributed by atoms with Crippen molar-refractivity contribution in [2.75, 3.05) is 26.7 Å². The van der Waals surface area contributed by atoms with Crippen molar-refractivity contribution in [3.05, 3.63) is 6.92 Å². The molecule has 0 saturated carbocycles. The molecule has 0 aliphatic carbocycles. The number of nitrogens with one attached hydrogen (secondary N) is 1. The molecule has 0 spiro atoms. The Labute approximate surface area is 63.6 Å². The molecule has 0 atom stereocenters. The average molecular weight is 141 g/mol. The average Bonchev–Trinajstić information content (AvgIpc) is 2.05. The van der Waals surface area contributed by atoms with E-state index in [1.165, 1.54) is 25.9 Å². The van der Waals surface area contributed by atoms with Crippen molar-refractivity contribution in [2.24, 2.45) is 0 Å². The van der Waals surface area contributed by atoms with E-state index in [0.29, 0.717) is 0 Å². The molecule has 1 aliphatic heterocycles. The van der Waals surface area contributed by atoms with Crippen LogP contribution in [0, 0.1) is 6.92 Å². The Morgan fingerprint density at radius 2 is 2.10 bits per heavy atom. The molecular weight excluding hydrogens is 124 g/mol. The molecule has 1 heterocycles. The van der Waals surface area contributed by atoms with Gasteiger partial charge in [-0.25, -0.2) is 0 Å². The second-order valence-corrected chi connectivity index (χ2v) is 2.96. The Kier molecular flexibility index (Phi) is 3.16. The summed E-state index contributed by atoms with van der Waals surface area (Å²) in [6.45, 7) is 7.15. The molecule has 1 radical (unpaired) electrons. The lowest BCUT2D eigenvalue weighted by atomic mass is 10.1. The molecule has 0 unspecified atom stereocenters. The minimum absolute atomic E-state index is 0.777. The van der Waals surface area contributed by atoms with Crippen LogP contribution in [0.25, 0.3) is 0 Å². The highest BCUT2D eigenvalue weighted by molar-refractivity contribution is 4.75. The first-order valence-corrected chi connectivity index (χ1v) is 4.05. The number of nitrogens with zero attached hydrogens (tertiary/aromatic N) is 1. The first kappa shape index (κ1) is 8.02. The van der Waals surface area contributed by atoms with Gasteiger partial charge in [0, 0.05) is 6.04 Å². The van der Waals surface area contributed by atoms with Crippen molar-refractivity contribution in [1.29, 1.82) is 0 Å². The van der Waals surface area contributed by atoms with Crippen molar-refractivity contribution < 1.29 is 0 Å². The lowest BCUT2D eigenvalue weighted by molar-refractivity contribution is 0.216. The summed E-state index contributed by atoms with van der Waals surface area (Å²) in [5, 5.41) is 3.35. The fourth-order valence-corrected chi connectivity index (χ4v) is 1.43. The summed E-state index contributed by atoms with van der Waals surface area (Å²) in [7, 11) is 2.16. The molecule has 2 nitrogen and oxygen atoms in total. The highest BCUT2D eigenvalue weighted by atomic mass is 15.1. The largest absolute Gasteiger partial charge is 0.317 e. The summed E-state index contributed by atoms with van der Waals surface area (Å²) < 4.78 is 0. The number of hydrogen-bond donors (Lipinski definition) is 1. The van der Waals surface area contributed by atoms with E-state index in [-0.39, 0.29) is 0 Å².